The van der Waals surface area contributed by atoms with E-state index in [-0.39, 0.29) is 6.61 Å². The Kier molecular flexibility index (Phi) is 5.42. The van der Waals surface area contributed by atoms with Gasteiger partial charge in [0.05, 0.1) is 19.1 Å². The van der Waals surface area contributed by atoms with Gasteiger partial charge in [0.25, 0.3) is 0 Å². The predicted octanol–water partition coefficient (Wildman–Crippen LogP) is 3.10. The molecule has 1 atom stereocenters. The summed E-state index contributed by atoms with van der Waals surface area (Å²) in [4.78, 5) is 0. The van der Waals surface area contributed by atoms with Crippen molar-refractivity contribution in [2.24, 2.45) is 11.7 Å². The first kappa shape index (κ1) is 14.5. The molecule has 96 valence electrons. The third-order valence-electron chi connectivity index (χ3n) is 2.22. The minimum absolute atomic E-state index is 0.145. The van der Waals surface area contributed by atoms with Gasteiger partial charge >= 0.3 is 6.18 Å². The summed E-state index contributed by atoms with van der Waals surface area (Å²) >= 11 is 3.27. The normalized spacial score (nSPS) is 13.7. The van der Waals surface area contributed by atoms with Gasteiger partial charge in [0, 0.05) is 11.0 Å². The Bertz CT molecular complexity index is 357. The second-order valence-corrected chi connectivity index (χ2v) is 4.53. The van der Waals surface area contributed by atoms with Crippen molar-refractivity contribution in [3.63, 3.8) is 0 Å². The lowest BCUT2D eigenvalue weighted by Gasteiger charge is -2.18. The van der Waals surface area contributed by atoms with Crippen LogP contribution in [0.4, 0.5) is 13.2 Å². The zero-order valence-corrected chi connectivity index (χ0v) is 10.6. The Morgan fingerprint density at radius 3 is 2.59 bits per heavy atom. The van der Waals surface area contributed by atoms with E-state index in [0.717, 1.165) is 10.0 Å². The van der Waals surface area contributed by atoms with Crippen LogP contribution in [-0.2, 0) is 11.3 Å². The smallest absolute Gasteiger partial charge is 0.376 e. The quantitative estimate of drug-likeness (QED) is 0.907. The molecule has 0 amide bonds. The van der Waals surface area contributed by atoms with Crippen molar-refractivity contribution in [2.45, 2.75) is 12.8 Å². The fourth-order valence-corrected chi connectivity index (χ4v) is 1.69. The van der Waals surface area contributed by atoms with E-state index in [0.29, 0.717) is 0 Å². The van der Waals surface area contributed by atoms with Crippen molar-refractivity contribution in [1.82, 2.24) is 0 Å². The van der Waals surface area contributed by atoms with Crippen molar-refractivity contribution in [2.75, 3.05) is 13.2 Å². The summed E-state index contributed by atoms with van der Waals surface area (Å²) in [6, 6.07) is 7.22. The number of hydrogen-bond acceptors (Lipinski definition) is 2. The van der Waals surface area contributed by atoms with Gasteiger partial charge in [-0.3, -0.25) is 0 Å². The van der Waals surface area contributed by atoms with Crippen LogP contribution in [0, 0.1) is 5.92 Å². The number of nitrogens with two attached hydrogens (primary N) is 1. The van der Waals surface area contributed by atoms with Gasteiger partial charge in [-0.25, -0.2) is 0 Å². The lowest BCUT2D eigenvalue weighted by Crippen LogP contribution is -2.33. The SMILES string of the molecule is NCC(COCc1cccc(Br)c1)C(F)(F)F. The topological polar surface area (TPSA) is 35.2 Å². The summed E-state index contributed by atoms with van der Waals surface area (Å²) in [5.74, 6) is -1.60. The molecule has 0 aliphatic rings. The van der Waals surface area contributed by atoms with Crippen molar-refractivity contribution in [1.29, 1.82) is 0 Å². The van der Waals surface area contributed by atoms with Gasteiger partial charge in [0.15, 0.2) is 0 Å². The Balaban J connectivity index is 2.42. The molecular formula is C11H13BrF3NO. The Labute approximate surface area is 106 Å². The van der Waals surface area contributed by atoms with E-state index in [9.17, 15) is 13.2 Å². The number of alkyl halides is 3. The van der Waals surface area contributed by atoms with Crippen molar-refractivity contribution < 1.29 is 17.9 Å². The van der Waals surface area contributed by atoms with Gasteiger partial charge < -0.3 is 10.5 Å². The highest BCUT2D eigenvalue weighted by Crippen LogP contribution is 2.25. The molecule has 0 saturated carbocycles. The minimum atomic E-state index is -4.30. The Morgan fingerprint density at radius 2 is 2.06 bits per heavy atom. The number of ether oxygens (including phenoxy) is 1. The molecule has 0 aliphatic carbocycles. The van der Waals surface area contributed by atoms with Gasteiger partial charge in [0.2, 0.25) is 0 Å². The third kappa shape index (κ3) is 5.06. The summed E-state index contributed by atoms with van der Waals surface area (Å²) in [6.45, 7) is -0.722. The number of halogens is 4. The highest BCUT2D eigenvalue weighted by Gasteiger charge is 2.38. The largest absolute Gasteiger partial charge is 0.395 e. The van der Waals surface area contributed by atoms with Gasteiger partial charge in [-0.1, -0.05) is 28.1 Å². The zero-order chi connectivity index (χ0) is 12.9. The summed E-state index contributed by atoms with van der Waals surface area (Å²) in [7, 11) is 0. The van der Waals surface area contributed by atoms with Crippen molar-refractivity contribution >= 4 is 15.9 Å². The number of hydrogen-bond donors (Lipinski definition) is 1. The average Bonchev–Trinajstić information content (AvgIpc) is 2.22. The molecule has 0 spiro atoms. The second-order valence-electron chi connectivity index (χ2n) is 3.62. The fraction of sp³-hybridized carbons (Fsp3) is 0.455. The van der Waals surface area contributed by atoms with Crippen LogP contribution in [0.1, 0.15) is 5.56 Å². The van der Waals surface area contributed by atoms with E-state index in [1.165, 1.54) is 0 Å². The summed E-state index contributed by atoms with van der Waals surface area (Å²) in [6.07, 6.45) is -4.30. The maximum Gasteiger partial charge on any atom is 0.395 e. The van der Waals surface area contributed by atoms with Gasteiger partial charge in [0.1, 0.15) is 0 Å². The molecular weight excluding hydrogens is 299 g/mol. The van der Waals surface area contributed by atoms with Crippen molar-refractivity contribution in [3.8, 4) is 0 Å². The van der Waals surface area contributed by atoms with Crippen molar-refractivity contribution in [3.05, 3.63) is 34.3 Å². The fourth-order valence-electron chi connectivity index (χ4n) is 1.24. The lowest BCUT2D eigenvalue weighted by molar-refractivity contribution is -0.186. The molecule has 1 unspecified atom stereocenters. The standard InChI is InChI=1S/C11H13BrF3NO/c12-10-3-1-2-8(4-10)6-17-7-9(5-16)11(13,14)15/h1-4,9H,5-7,16H2. The zero-order valence-electron chi connectivity index (χ0n) is 9.01. The Hall–Kier alpha value is -0.590. The molecule has 0 bridgehead atoms. The van der Waals surface area contributed by atoms with E-state index in [1.54, 1.807) is 18.2 Å². The summed E-state index contributed by atoms with van der Waals surface area (Å²) < 4.78 is 42.9. The van der Waals surface area contributed by atoms with Gasteiger partial charge in [-0.2, -0.15) is 13.2 Å². The number of rotatable bonds is 5. The molecule has 0 fully saturated rings. The van der Waals surface area contributed by atoms with E-state index >= 15 is 0 Å². The molecule has 0 radical (unpaired) electrons. The van der Waals surface area contributed by atoms with Crippen LogP contribution in [0.5, 0.6) is 0 Å². The molecule has 2 nitrogen and oxygen atoms in total. The van der Waals surface area contributed by atoms with E-state index in [1.807, 2.05) is 6.07 Å². The predicted molar refractivity (Wildman–Crippen MR) is 62.4 cm³/mol. The second kappa shape index (κ2) is 6.37. The molecule has 17 heavy (non-hydrogen) atoms. The number of benzene rings is 1. The van der Waals surface area contributed by atoms with Crippen LogP contribution < -0.4 is 5.73 Å². The summed E-state index contributed by atoms with van der Waals surface area (Å²) in [5.41, 5.74) is 5.87. The molecule has 1 aromatic carbocycles. The van der Waals surface area contributed by atoms with Crippen LogP contribution in [0.2, 0.25) is 0 Å². The first-order chi connectivity index (χ1) is 7.93. The third-order valence-corrected chi connectivity index (χ3v) is 2.72. The van der Waals surface area contributed by atoms with Gasteiger partial charge in [-0.05, 0) is 17.7 Å². The van der Waals surface area contributed by atoms with Crippen LogP contribution in [0.3, 0.4) is 0 Å². The van der Waals surface area contributed by atoms with Gasteiger partial charge in [-0.15, -0.1) is 0 Å². The highest BCUT2D eigenvalue weighted by atomic mass is 79.9. The molecule has 1 aromatic rings. The molecule has 6 heteroatoms. The monoisotopic (exact) mass is 311 g/mol. The maximum atomic E-state index is 12.3. The molecule has 0 aromatic heterocycles. The first-order valence-corrected chi connectivity index (χ1v) is 5.81. The Morgan fingerprint density at radius 1 is 1.35 bits per heavy atom. The summed E-state index contributed by atoms with van der Waals surface area (Å²) in [5, 5.41) is 0. The molecule has 0 aliphatic heterocycles. The van der Waals surface area contributed by atoms with Crippen LogP contribution in [0.15, 0.2) is 28.7 Å². The first-order valence-electron chi connectivity index (χ1n) is 5.02. The average molecular weight is 312 g/mol. The van der Waals surface area contributed by atoms with Crippen LogP contribution >= 0.6 is 15.9 Å². The lowest BCUT2D eigenvalue weighted by atomic mass is 10.1. The van der Waals surface area contributed by atoms with E-state index < -0.39 is 25.2 Å². The molecule has 1 rings (SSSR count). The molecule has 0 heterocycles. The minimum Gasteiger partial charge on any atom is -0.376 e. The highest BCUT2D eigenvalue weighted by molar-refractivity contribution is 9.10. The van der Waals surface area contributed by atoms with E-state index in [4.69, 9.17) is 10.5 Å². The van der Waals surface area contributed by atoms with Crippen LogP contribution in [-0.4, -0.2) is 19.3 Å². The maximum absolute atomic E-state index is 12.3. The molecule has 2 N–H and O–H groups in total. The molecule has 0 saturated heterocycles. The van der Waals surface area contributed by atoms with E-state index in [2.05, 4.69) is 15.9 Å². The van der Waals surface area contributed by atoms with Crippen LogP contribution in [0.25, 0.3) is 0 Å².